The van der Waals surface area contributed by atoms with Crippen molar-refractivity contribution < 1.29 is 26.3 Å². The van der Waals surface area contributed by atoms with E-state index in [1.807, 2.05) is 0 Å². The van der Waals surface area contributed by atoms with E-state index < -0.39 is 26.9 Å². The van der Waals surface area contributed by atoms with Crippen LogP contribution in [0.25, 0.3) is 0 Å². The molecule has 3 fully saturated rings. The molecule has 0 unspecified atom stereocenters. The average molecular weight is 394 g/mol. The van der Waals surface area contributed by atoms with E-state index in [9.17, 15) is 21.6 Å². The fraction of sp³-hybridized carbons (Fsp3) is 0.800. The minimum absolute atomic E-state index is 0.0576. The maximum Gasteiger partial charge on any atom is 0.435 e. The van der Waals surface area contributed by atoms with Crippen LogP contribution in [-0.2, 0) is 28.0 Å². The van der Waals surface area contributed by atoms with Crippen molar-refractivity contribution in [2.45, 2.75) is 17.6 Å². The van der Waals surface area contributed by atoms with Crippen LogP contribution in [-0.4, -0.2) is 73.3 Å². The molecule has 4 heterocycles. The number of halogens is 3. The SMILES string of the molecule is Cn1nc(C(F)(F)F)cc1S(=O)(=O)N1CC2(CN(C[C@H]3CCOC3)C2)C1. The van der Waals surface area contributed by atoms with Crippen LogP contribution in [0.4, 0.5) is 13.2 Å². The van der Waals surface area contributed by atoms with Gasteiger partial charge in [0.1, 0.15) is 0 Å². The number of aromatic nitrogens is 2. The molecule has 0 radical (unpaired) electrons. The number of likely N-dealkylation sites (tertiary alicyclic amines) is 1. The van der Waals surface area contributed by atoms with Gasteiger partial charge in [0, 0.05) is 57.9 Å². The molecule has 3 saturated heterocycles. The molecule has 3 aliphatic heterocycles. The Labute approximate surface area is 149 Å². The first-order valence-electron chi connectivity index (χ1n) is 8.51. The van der Waals surface area contributed by atoms with Crippen molar-refractivity contribution in [1.82, 2.24) is 19.0 Å². The maximum absolute atomic E-state index is 12.8. The number of hydrogen-bond acceptors (Lipinski definition) is 5. The van der Waals surface area contributed by atoms with Gasteiger partial charge in [-0.3, -0.25) is 4.68 Å². The Morgan fingerprint density at radius 3 is 2.54 bits per heavy atom. The Balaban J connectivity index is 1.37. The molecule has 0 aliphatic carbocycles. The van der Waals surface area contributed by atoms with Gasteiger partial charge in [-0.2, -0.15) is 22.6 Å². The van der Waals surface area contributed by atoms with Crippen molar-refractivity contribution in [1.29, 1.82) is 0 Å². The van der Waals surface area contributed by atoms with Gasteiger partial charge in [0.05, 0.1) is 6.61 Å². The van der Waals surface area contributed by atoms with Gasteiger partial charge in [-0.15, -0.1) is 0 Å². The standard InChI is InChI=1S/C15H21F3N4O3S/c1-20-13(4-12(19-20)15(16,17)18)26(23,24)22-9-14(10-22)7-21(8-14)5-11-2-3-25-6-11/h4,11H,2-3,5-10H2,1H3/t11-/m1/s1. The van der Waals surface area contributed by atoms with Crippen LogP contribution in [0, 0.1) is 11.3 Å². The number of nitrogens with zero attached hydrogens (tertiary/aromatic N) is 4. The first-order valence-corrected chi connectivity index (χ1v) is 9.95. The van der Waals surface area contributed by atoms with Gasteiger partial charge in [-0.1, -0.05) is 0 Å². The van der Waals surface area contributed by atoms with Crippen LogP contribution < -0.4 is 0 Å². The predicted molar refractivity (Wildman–Crippen MR) is 84.8 cm³/mol. The van der Waals surface area contributed by atoms with Gasteiger partial charge in [-0.05, 0) is 12.3 Å². The van der Waals surface area contributed by atoms with Gasteiger partial charge in [0.15, 0.2) is 10.7 Å². The smallest absolute Gasteiger partial charge is 0.381 e. The largest absolute Gasteiger partial charge is 0.435 e. The van der Waals surface area contributed by atoms with E-state index in [4.69, 9.17) is 4.74 Å². The molecule has 1 aromatic rings. The molecule has 0 aromatic carbocycles. The van der Waals surface area contributed by atoms with Crippen molar-refractivity contribution in [3.05, 3.63) is 11.8 Å². The van der Waals surface area contributed by atoms with E-state index in [1.54, 1.807) is 0 Å². The lowest BCUT2D eigenvalue weighted by atomic mass is 9.74. The highest BCUT2D eigenvalue weighted by Gasteiger charge is 2.55. The van der Waals surface area contributed by atoms with E-state index >= 15 is 0 Å². The fourth-order valence-electron chi connectivity index (χ4n) is 4.16. The first kappa shape index (κ1) is 18.2. The van der Waals surface area contributed by atoms with E-state index in [2.05, 4.69) is 10.00 Å². The Kier molecular flexibility index (Phi) is 4.14. The third-order valence-corrected chi connectivity index (χ3v) is 7.26. The second-order valence-electron chi connectivity index (χ2n) is 7.66. The minimum atomic E-state index is -4.67. The van der Waals surface area contributed by atoms with Crippen molar-refractivity contribution in [3.8, 4) is 0 Å². The number of rotatable bonds is 4. The third-order valence-electron chi connectivity index (χ3n) is 5.41. The molecule has 0 amide bonds. The van der Waals surface area contributed by atoms with Gasteiger partial charge in [0.2, 0.25) is 0 Å². The molecule has 0 N–H and O–H groups in total. The lowest BCUT2D eigenvalue weighted by molar-refractivity contribution is -0.141. The molecule has 3 aliphatic rings. The fourth-order valence-corrected chi connectivity index (χ4v) is 5.95. The summed E-state index contributed by atoms with van der Waals surface area (Å²) in [7, 11) is -2.75. The van der Waals surface area contributed by atoms with Crippen LogP contribution in [0.1, 0.15) is 12.1 Å². The van der Waals surface area contributed by atoms with Gasteiger partial charge >= 0.3 is 6.18 Å². The van der Waals surface area contributed by atoms with Crippen LogP contribution in [0.2, 0.25) is 0 Å². The summed E-state index contributed by atoms with van der Waals surface area (Å²) in [4.78, 5) is 2.30. The number of ether oxygens (including phenoxy) is 1. The molecule has 1 atom stereocenters. The molecule has 0 saturated carbocycles. The monoisotopic (exact) mass is 394 g/mol. The van der Waals surface area contributed by atoms with Crippen molar-refractivity contribution >= 4 is 10.0 Å². The summed E-state index contributed by atoms with van der Waals surface area (Å²) in [6, 6.07) is 0.605. The van der Waals surface area contributed by atoms with Gasteiger partial charge in [-0.25, -0.2) is 8.42 Å². The predicted octanol–water partition coefficient (Wildman–Crippen LogP) is 0.782. The second kappa shape index (κ2) is 5.91. The van der Waals surface area contributed by atoms with Crippen molar-refractivity contribution in [3.63, 3.8) is 0 Å². The van der Waals surface area contributed by atoms with E-state index in [0.717, 1.165) is 44.0 Å². The Bertz CT molecular complexity index is 788. The number of alkyl halides is 3. The Morgan fingerprint density at radius 1 is 1.31 bits per heavy atom. The highest BCUT2D eigenvalue weighted by molar-refractivity contribution is 7.89. The number of sulfonamides is 1. The zero-order valence-electron chi connectivity index (χ0n) is 14.4. The lowest BCUT2D eigenvalue weighted by Gasteiger charge is -2.59. The van der Waals surface area contributed by atoms with E-state index in [0.29, 0.717) is 25.1 Å². The van der Waals surface area contributed by atoms with Crippen LogP contribution >= 0.6 is 0 Å². The van der Waals surface area contributed by atoms with Gasteiger partial charge < -0.3 is 9.64 Å². The number of hydrogen-bond donors (Lipinski definition) is 0. The second-order valence-corrected chi connectivity index (χ2v) is 9.55. The normalized spacial score (nSPS) is 26.8. The summed E-state index contributed by atoms with van der Waals surface area (Å²) < 4.78 is 71.0. The summed E-state index contributed by atoms with van der Waals surface area (Å²) in [5.41, 5.74) is -1.25. The molecular weight excluding hydrogens is 373 g/mol. The molecule has 7 nitrogen and oxygen atoms in total. The zero-order valence-corrected chi connectivity index (χ0v) is 15.2. The highest BCUT2D eigenvalue weighted by Crippen LogP contribution is 2.43. The van der Waals surface area contributed by atoms with Crippen LogP contribution in [0.15, 0.2) is 11.1 Å². The van der Waals surface area contributed by atoms with Crippen LogP contribution in [0.5, 0.6) is 0 Å². The average Bonchev–Trinajstić information content (AvgIpc) is 3.08. The van der Waals surface area contributed by atoms with Gasteiger partial charge in [0.25, 0.3) is 10.0 Å². The quantitative estimate of drug-likeness (QED) is 0.755. The Morgan fingerprint density at radius 2 is 2.00 bits per heavy atom. The van der Waals surface area contributed by atoms with Crippen LogP contribution in [0.3, 0.4) is 0 Å². The lowest BCUT2D eigenvalue weighted by Crippen LogP contribution is -2.73. The molecule has 146 valence electrons. The van der Waals surface area contributed by atoms with Crippen molar-refractivity contribution in [2.75, 3.05) is 45.9 Å². The molecule has 4 rings (SSSR count). The maximum atomic E-state index is 12.8. The molecule has 0 bridgehead atoms. The molecule has 1 spiro atoms. The Hall–Kier alpha value is -1.17. The molecule has 11 heteroatoms. The summed E-state index contributed by atoms with van der Waals surface area (Å²) in [5.74, 6) is 0.544. The van der Waals surface area contributed by atoms with E-state index in [1.165, 1.54) is 11.4 Å². The van der Waals surface area contributed by atoms with E-state index in [-0.39, 0.29) is 5.41 Å². The topological polar surface area (TPSA) is 67.7 Å². The summed E-state index contributed by atoms with van der Waals surface area (Å²) in [5, 5.41) is 2.88. The third kappa shape index (κ3) is 3.04. The highest BCUT2D eigenvalue weighted by atomic mass is 32.2. The summed E-state index contributed by atoms with van der Waals surface area (Å²) in [6.07, 6.45) is -3.61. The summed E-state index contributed by atoms with van der Waals surface area (Å²) >= 11 is 0. The molecular formula is C15H21F3N4O3S. The van der Waals surface area contributed by atoms with Crippen molar-refractivity contribution in [2.24, 2.45) is 18.4 Å². The molecule has 1 aromatic heterocycles. The first-order chi connectivity index (χ1) is 12.1. The molecule has 26 heavy (non-hydrogen) atoms. The zero-order chi connectivity index (χ0) is 18.7. The summed E-state index contributed by atoms with van der Waals surface area (Å²) in [6.45, 7) is 4.90. The minimum Gasteiger partial charge on any atom is -0.381 e. The number of aryl methyl sites for hydroxylation is 1.